The van der Waals surface area contributed by atoms with Crippen molar-refractivity contribution in [3.8, 4) is 0 Å². The molecule has 0 saturated carbocycles. The third-order valence-electron chi connectivity index (χ3n) is 2.94. The lowest BCUT2D eigenvalue weighted by molar-refractivity contribution is -0.179. The van der Waals surface area contributed by atoms with E-state index in [0.717, 1.165) is 0 Å². The molecule has 2 rings (SSSR count). The van der Waals surface area contributed by atoms with Gasteiger partial charge in [-0.15, -0.1) is 0 Å². The molecule has 0 aromatic carbocycles. The number of hydrogen-bond acceptors (Lipinski definition) is 4. The van der Waals surface area contributed by atoms with E-state index >= 15 is 0 Å². The van der Waals surface area contributed by atoms with Crippen molar-refractivity contribution < 1.29 is 19.1 Å². The Hall–Kier alpha value is -1.58. The minimum Gasteiger partial charge on any atom is -0.458 e. The normalized spacial score (nSPS) is 38.1. The molecule has 1 aliphatic heterocycles. The quantitative estimate of drug-likeness (QED) is 0.578. The Kier molecular flexibility index (Phi) is 2.81. The van der Waals surface area contributed by atoms with Gasteiger partial charge in [0.2, 0.25) is 0 Å². The first-order valence-electron chi connectivity index (χ1n) is 5.35. The van der Waals surface area contributed by atoms with E-state index in [1.54, 1.807) is 38.2 Å². The van der Waals surface area contributed by atoms with Crippen molar-refractivity contribution in [2.24, 2.45) is 11.8 Å². The molecule has 4 nitrogen and oxygen atoms in total. The predicted octanol–water partition coefficient (Wildman–Crippen LogP) is 1.22. The molecule has 4 unspecified atom stereocenters. The summed E-state index contributed by atoms with van der Waals surface area (Å²) in [5.41, 5.74) is 0. The number of carbonyl (C=O) groups is 2. The molecule has 0 radical (unpaired) electrons. The zero-order chi connectivity index (χ0) is 11.7. The minimum absolute atomic E-state index is 0.360. The van der Waals surface area contributed by atoms with E-state index in [-0.39, 0.29) is 11.9 Å². The zero-order valence-electron chi connectivity index (χ0n) is 9.25. The fourth-order valence-corrected chi connectivity index (χ4v) is 1.77. The molecule has 1 heterocycles. The topological polar surface area (TPSA) is 52.6 Å². The molecule has 86 valence electrons. The highest BCUT2D eigenvalue weighted by atomic mass is 16.6. The van der Waals surface area contributed by atoms with Gasteiger partial charge in [0.25, 0.3) is 0 Å². The fourth-order valence-electron chi connectivity index (χ4n) is 1.77. The van der Waals surface area contributed by atoms with Crippen molar-refractivity contribution in [1.29, 1.82) is 0 Å². The van der Waals surface area contributed by atoms with E-state index < -0.39 is 24.0 Å². The van der Waals surface area contributed by atoms with Crippen LogP contribution in [0.1, 0.15) is 13.8 Å². The Morgan fingerprint density at radius 1 is 0.875 bits per heavy atom. The van der Waals surface area contributed by atoms with Crippen molar-refractivity contribution >= 4 is 11.9 Å². The Labute approximate surface area is 93.9 Å². The van der Waals surface area contributed by atoms with Crippen LogP contribution >= 0.6 is 0 Å². The summed E-state index contributed by atoms with van der Waals surface area (Å²) in [5, 5.41) is 0. The van der Waals surface area contributed by atoms with Crippen LogP contribution in [0.15, 0.2) is 24.3 Å². The smallest absolute Gasteiger partial charge is 0.314 e. The Morgan fingerprint density at radius 3 is 1.62 bits per heavy atom. The number of fused-ring (bicyclic) bond motifs is 1. The molecule has 0 N–H and O–H groups in total. The van der Waals surface area contributed by atoms with Gasteiger partial charge in [0.15, 0.2) is 0 Å². The maximum Gasteiger partial charge on any atom is 0.314 e. The van der Waals surface area contributed by atoms with Gasteiger partial charge < -0.3 is 9.47 Å². The van der Waals surface area contributed by atoms with Crippen molar-refractivity contribution in [2.45, 2.75) is 26.1 Å². The van der Waals surface area contributed by atoms with Crippen LogP contribution < -0.4 is 0 Å². The van der Waals surface area contributed by atoms with Gasteiger partial charge in [-0.25, -0.2) is 0 Å². The SMILES string of the molecule is CC1OC(=O)C2C=CC=CC2C(=O)OC1C. The van der Waals surface area contributed by atoms with Crippen LogP contribution in [0.3, 0.4) is 0 Å². The lowest BCUT2D eigenvalue weighted by atomic mass is 9.88. The molecular formula is C12H14O4. The maximum absolute atomic E-state index is 11.8. The third-order valence-corrected chi connectivity index (χ3v) is 2.94. The lowest BCUT2D eigenvalue weighted by Gasteiger charge is -2.30. The highest BCUT2D eigenvalue weighted by molar-refractivity contribution is 5.86. The summed E-state index contributed by atoms with van der Waals surface area (Å²) in [6.45, 7) is 3.44. The molecule has 1 fully saturated rings. The predicted molar refractivity (Wildman–Crippen MR) is 56.4 cm³/mol. The number of carbonyl (C=O) groups excluding carboxylic acids is 2. The van der Waals surface area contributed by atoms with Crippen LogP contribution in [0, 0.1) is 11.8 Å². The van der Waals surface area contributed by atoms with Crippen LogP contribution in [-0.4, -0.2) is 24.1 Å². The number of ether oxygens (including phenoxy) is 2. The molecule has 0 bridgehead atoms. The second kappa shape index (κ2) is 4.12. The van der Waals surface area contributed by atoms with Crippen molar-refractivity contribution in [3.63, 3.8) is 0 Å². The van der Waals surface area contributed by atoms with Gasteiger partial charge in [0.1, 0.15) is 12.2 Å². The first-order chi connectivity index (χ1) is 7.59. The number of cyclic esters (lactones) is 2. The lowest BCUT2D eigenvalue weighted by Crippen LogP contribution is -2.41. The van der Waals surface area contributed by atoms with Gasteiger partial charge in [0.05, 0.1) is 11.8 Å². The number of rotatable bonds is 0. The maximum atomic E-state index is 11.8. The molecule has 0 aromatic rings. The fraction of sp³-hybridized carbons (Fsp3) is 0.500. The molecule has 16 heavy (non-hydrogen) atoms. The van der Waals surface area contributed by atoms with Gasteiger partial charge in [-0.05, 0) is 13.8 Å². The Bertz CT molecular complexity index is 333. The third kappa shape index (κ3) is 1.87. The summed E-state index contributed by atoms with van der Waals surface area (Å²) in [6.07, 6.45) is 6.03. The Balaban J connectivity index is 2.27. The summed E-state index contributed by atoms with van der Waals surface area (Å²) in [4.78, 5) is 23.6. The molecular weight excluding hydrogens is 208 g/mol. The number of allylic oxidation sites excluding steroid dienone is 2. The zero-order valence-corrected chi connectivity index (χ0v) is 9.25. The Morgan fingerprint density at radius 2 is 1.25 bits per heavy atom. The average Bonchev–Trinajstić information content (AvgIpc) is 2.27. The van der Waals surface area contributed by atoms with Crippen LogP contribution in [-0.2, 0) is 19.1 Å². The average molecular weight is 222 g/mol. The highest BCUT2D eigenvalue weighted by Crippen LogP contribution is 2.26. The van der Waals surface area contributed by atoms with E-state index in [1.165, 1.54) is 0 Å². The van der Waals surface area contributed by atoms with Crippen molar-refractivity contribution in [1.82, 2.24) is 0 Å². The molecule has 1 saturated heterocycles. The molecule has 1 aliphatic carbocycles. The van der Waals surface area contributed by atoms with Crippen LogP contribution in [0.2, 0.25) is 0 Å². The first kappa shape index (κ1) is 10.9. The van der Waals surface area contributed by atoms with Crippen LogP contribution in [0.25, 0.3) is 0 Å². The van der Waals surface area contributed by atoms with Gasteiger partial charge in [-0.3, -0.25) is 9.59 Å². The first-order valence-corrected chi connectivity index (χ1v) is 5.35. The number of hydrogen-bond donors (Lipinski definition) is 0. The van der Waals surface area contributed by atoms with Crippen molar-refractivity contribution in [2.75, 3.05) is 0 Å². The molecule has 0 aromatic heterocycles. The van der Waals surface area contributed by atoms with E-state index in [9.17, 15) is 9.59 Å². The van der Waals surface area contributed by atoms with E-state index in [2.05, 4.69) is 0 Å². The molecule has 4 heteroatoms. The highest BCUT2D eigenvalue weighted by Gasteiger charge is 2.38. The van der Waals surface area contributed by atoms with Gasteiger partial charge in [-0.1, -0.05) is 24.3 Å². The van der Waals surface area contributed by atoms with E-state index in [0.29, 0.717) is 0 Å². The monoisotopic (exact) mass is 222 g/mol. The van der Waals surface area contributed by atoms with Crippen molar-refractivity contribution in [3.05, 3.63) is 24.3 Å². The standard InChI is InChI=1S/C12H14O4/c1-7-8(2)16-12(14)10-6-4-3-5-9(10)11(13)15-7/h3-10H,1-2H3. The molecule has 0 amide bonds. The summed E-state index contributed by atoms with van der Waals surface area (Å²) >= 11 is 0. The van der Waals surface area contributed by atoms with E-state index in [1.807, 2.05) is 0 Å². The summed E-state index contributed by atoms with van der Waals surface area (Å²) in [7, 11) is 0. The summed E-state index contributed by atoms with van der Waals surface area (Å²) in [5.74, 6) is -1.82. The molecule has 4 atom stereocenters. The largest absolute Gasteiger partial charge is 0.458 e. The molecule has 0 spiro atoms. The molecule has 2 aliphatic rings. The van der Waals surface area contributed by atoms with Gasteiger partial charge >= 0.3 is 11.9 Å². The van der Waals surface area contributed by atoms with Gasteiger partial charge in [0, 0.05) is 0 Å². The minimum atomic E-state index is -0.549. The second-order valence-electron chi connectivity index (χ2n) is 4.11. The summed E-state index contributed by atoms with van der Waals surface area (Å²) in [6, 6.07) is 0. The second-order valence-corrected chi connectivity index (χ2v) is 4.11. The van der Waals surface area contributed by atoms with Crippen LogP contribution in [0.4, 0.5) is 0 Å². The number of esters is 2. The summed E-state index contributed by atoms with van der Waals surface area (Å²) < 4.78 is 10.4. The van der Waals surface area contributed by atoms with Crippen LogP contribution in [0.5, 0.6) is 0 Å². The van der Waals surface area contributed by atoms with Gasteiger partial charge in [-0.2, -0.15) is 0 Å². The van der Waals surface area contributed by atoms with E-state index in [4.69, 9.17) is 9.47 Å².